The average molecular weight is 484 g/mol. The molecule has 9 heteroatoms. The Hall–Kier alpha value is -4.11. The number of hydrogen-bond donors (Lipinski definition) is 1. The van der Waals surface area contributed by atoms with E-state index in [9.17, 15) is 9.90 Å². The van der Waals surface area contributed by atoms with Crippen molar-refractivity contribution in [2.24, 2.45) is 5.92 Å². The molecule has 36 heavy (non-hydrogen) atoms. The molecule has 0 radical (unpaired) electrons. The molecular formula is C27H25N5O4. The quantitative estimate of drug-likeness (QED) is 0.373. The third-order valence-corrected chi connectivity index (χ3v) is 7.02. The maximum atomic E-state index is 11.8. The number of fused-ring (bicyclic) bond motifs is 3. The van der Waals surface area contributed by atoms with E-state index in [-0.39, 0.29) is 17.8 Å². The van der Waals surface area contributed by atoms with Crippen molar-refractivity contribution in [2.75, 3.05) is 13.2 Å². The fraction of sp³-hybridized carbons (Fsp3) is 0.296. The minimum atomic E-state index is -1.17. The fourth-order valence-corrected chi connectivity index (χ4v) is 5.41. The molecule has 1 N–H and O–H groups in total. The molecule has 1 aliphatic rings. The summed E-state index contributed by atoms with van der Waals surface area (Å²) >= 11 is 0. The van der Waals surface area contributed by atoms with Gasteiger partial charge in [0.25, 0.3) is 0 Å². The summed E-state index contributed by atoms with van der Waals surface area (Å²) in [6, 6.07) is 12.3. The van der Waals surface area contributed by atoms with Gasteiger partial charge in [0, 0.05) is 36.7 Å². The van der Waals surface area contributed by atoms with Gasteiger partial charge >= 0.3 is 5.97 Å². The second-order valence-electron chi connectivity index (χ2n) is 9.20. The SMILES string of the molecule is Cc1noc(C)c1-c1cnc2c3cnc(C(=O)O)nc3n(C(c3ccccc3)C3CCOCC3)c2c1. The number of rotatable bonds is 5. The van der Waals surface area contributed by atoms with Gasteiger partial charge in [-0.15, -0.1) is 0 Å². The van der Waals surface area contributed by atoms with Gasteiger partial charge in [-0.3, -0.25) is 4.98 Å². The van der Waals surface area contributed by atoms with Crippen LogP contribution in [0.1, 0.15) is 46.5 Å². The predicted molar refractivity (Wildman–Crippen MR) is 133 cm³/mol. The number of carboxylic acid groups (broad SMARTS) is 1. The van der Waals surface area contributed by atoms with Crippen LogP contribution in [0.3, 0.4) is 0 Å². The van der Waals surface area contributed by atoms with E-state index in [1.54, 1.807) is 12.4 Å². The predicted octanol–water partition coefficient (Wildman–Crippen LogP) is 4.97. The average Bonchev–Trinajstić information content (AvgIpc) is 3.41. The minimum Gasteiger partial charge on any atom is -0.475 e. The van der Waals surface area contributed by atoms with Gasteiger partial charge in [-0.05, 0) is 44.2 Å². The molecule has 0 aliphatic carbocycles. The summed E-state index contributed by atoms with van der Waals surface area (Å²) in [5.41, 5.74) is 5.84. The molecule has 1 unspecified atom stereocenters. The molecule has 1 aromatic carbocycles. The molecule has 0 amide bonds. The van der Waals surface area contributed by atoms with Crippen LogP contribution in [0, 0.1) is 19.8 Å². The van der Waals surface area contributed by atoms with E-state index in [2.05, 4.69) is 37.9 Å². The Morgan fingerprint density at radius 3 is 2.58 bits per heavy atom. The van der Waals surface area contributed by atoms with Gasteiger partial charge < -0.3 is 18.9 Å². The van der Waals surface area contributed by atoms with Crippen molar-refractivity contribution in [2.45, 2.75) is 32.7 Å². The van der Waals surface area contributed by atoms with Crippen LogP contribution in [0.4, 0.5) is 0 Å². The van der Waals surface area contributed by atoms with Crippen LogP contribution < -0.4 is 0 Å². The van der Waals surface area contributed by atoms with Crippen LogP contribution in [0.15, 0.2) is 53.3 Å². The molecule has 1 atom stereocenters. The number of nitrogens with zero attached hydrogens (tertiary/aromatic N) is 5. The van der Waals surface area contributed by atoms with Crippen molar-refractivity contribution in [3.05, 3.63) is 71.6 Å². The van der Waals surface area contributed by atoms with E-state index in [0.29, 0.717) is 30.0 Å². The van der Waals surface area contributed by atoms with Crippen LogP contribution >= 0.6 is 0 Å². The van der Waals surface area contributed by atoms with E-state index in [1.165, 1.54) is 0 Å². The van der Waals surface area contributed by atoms with Crippen molar-refractivity contribution in [1.82, 2.24) is 24.7 Å². The number of ether oxygens (including phenoxy) is 1. The van der Waals surface area contributed by atoms with Crippen LogP contribution in [0.5, 0.6) is 0 Å². The first-order chi connectivity index (χ1) is 17.5. The monoisotopic (exact) mass is 483 g/mol. The second kappa shape index (κ2) is 8.83. The molecule has 1 aliphatic heterocycles. The fourth-order valence-electron chi connectivity index (χ4n) is 5.41. The Morgan fingerprint density at radius 2 is 1.89 bits per heavy atom. The zero-order valence-electron chi connectivity index (χ0n) is 20.0. The van der Waals surface area contributed by atoms with Crippen LogP contribution in [0.25, 0.3) is 33.2 Å². The van der Waals surface area contributed by atoms with E-state index >= 15 is 0 Å². The topological polar surface area (TPSA) is 116 Å². The van der Waals surface area contributed by atoms with Crippen LogP contribution in [-0.4, -0.2) is 49.0 Å². The minimum absolute atomic E-state index is 0.0895. The summed E-state index contributed by atoms with van der Waals surface area (Å²) in [5.74, 6) is -0.420. The maximum Gasteiger partial charge on any atom is 0.374 e. The molecule has 9 nitrogen and oxygen atoms in total. The van der Waals surface area contributed by atoms with Crippen LogP contribution in [0.2, 0.25) is 0 Å². The highest BCUT2D eigenvalue weighted by Gasteiger charge is 2.31. The molecule has 6 rings (SSSR count). The molecule has 5 aromatic rings. The highest BCUT2D eigenvalue weighted by atomic mass is 16.5. The number of aromatic carboxylic acids is 1. The van der Waals surface area contributed by atoms with Gasteiger partial charge in [0.15, 0.2) is 0 Å². The van der Waals surface area contributed by atoms with Gasteiger partial charge in [-0.1, -0.05) is 35.5 Å². The highest BCUT2D eigenvalue weighted by molar-refractivity contribution is 6.05. The van der Waals surface area contributed by atoms with E-state index < -0.39 is 5.97 Å². The van der Waals surface area contributed by atoms with E-state index in [0.717, 1.165) is 46.3 Å². The third-order valence-electron chi connectivity index (χ3n) is 7.02. The number of carboxylic acids is 1. The summed E-state index contributed by atoms with van der Waals surface area (Å²) in [6.07, 6.45) is 5.14. The van der Waals surface area contributed by atoms with Gasteiger partial charge in [-0.2, -0.15) is 0 Å². The Kier molecular flexibility index (Phi) is 5.49. The lowest BCUT2D eigenvalue weighted by atomic mass is 9.86. The Balaban J connectivity index is 1.69. The first-order valence-corrected chi connectivity index (χ1v) is 12.0. The summed E-state index contributed by atoms with van der Waals surface area (Å²) in [4.78, 5) is 25.3. The zero-order valence-corrected chi connectivity index (χ0v) is 20.0. The summed E-state index contributed by atoms with van der Waals surface area (Å²) < 4.78 is 13.3. The van der Waals surface area contributed by atoms with Gasteiger partial charge in [0.1, 0.15) is 11.4 Å². The van der Waals surface area contributed by atoms with Gasteiger partial charge in [0.2, 0.25) is 5.82 Å². The molecule has 0 bridgehead atoms. The molecule has 0 spiro atoms. The smallest absolute Gasteiger partial charge is 0.374 e. The normalized spacial score (nSPS) is 15.5. The Labute approximate surface area is 206 Å². The Morgan fingerprint density at radius 1 is 1.11 bits per heavy atom. The lowest BCUT2D eigenvalue weighted by Gasteiger charge is -2.32. The van der Waals surface area contributed by atoms with Crippen molar-refractivity contribution >= 4 is 28.0 Å². The first kappa shape index (κ1) is 22.4. The largest absolute Gasteiger partial charge is 0.475 e. The zero-order chi connectivity index (χ0) is 24.8. The first-order valence-electron chi connectivity index (χ1n) is 12.0. The summed E-state index contributed by atoms with van der Waals surface area (Å²) in [6.45, 7) is 5.16. The molecule has 1 saturated heterocycles. The summed E-state index contributed by atoms with van der Waals surface area (Å²) in [7, 11) is 0. The number of pyridine rings is 1. The number of hydrogen-bond acceptors (Lipinski definition) is 7. The van der Waals surface area contributed by atoms with Crippen molar-refractivity contribution < 1.29 is 19.2 Å². The van der Waals surface area contributed by atoms with Gasteiger partial charge in [0.05, 0.1) is 28.2 Å². The van der Waals surface area contributed by atoms with Crippen molar-refractivity contribution in [1.29, 1.82) is 0 Å². The number of aryl methyl sites for hydroxylation is 2. The van der Waals surface area contributed by atoms with Crippen molar-refractivity contribution in [3.63, 3.8) is 0 Å². The number of benzene rings is 1. The van der Waals surface area contributed by atoms with Crippen molar-refractivity contribution in [3.8, 4) is 11.1 Å². The molecule has 182 valence electrons. The Bertz CT molecular complexity index is 1570. The lowest BCUT2D eigenvalue weighted by Crippen LogP contribution is -2.27. The van der Waals surface area contributed by atoms with Gasteiger partial charge in [-0.25, -0.2) is 14.8 Å². The standard InChI is InChI=1S/C27H25N5O4/c1-15-22(16(2)36-31-15)19-12-21-23(28-13-19)20-14-29-25(27(33)34)30-26(20)32(21)24(17-6-4-3-5-7-17)18-8-10-35-11-9-18/h3-7,12-14,18,24H,8-11H2,1-2H3,(H,33,34). The molecule has 1 fully saturated rings. The number of aromatic nitrogens is 5. The number of carbonyl (C=O) groups is 1. The second-order valence-corrected chi connectivity index (χ2v) is 9.20. The highest BCUT2D eigenvalue weighted by Crippen LogP contribution is 2.40. The van der Waals surface area contributed by atoms with E-state index in [4.69, 9.17) is 14.2 Å². The van der Waals surface area contributed by atoms with E-state index in [1.807, 2.05) is 32.0 Å². The molecular weight excluding hydrogens is 458 g/mol. The molecule has 4 aromatic heterocycles. The maximum absolute atomic E-state index is 11.8. The molecule has 0 saturated carbocycles. The third kappa shape index (κ3) is 3.63. The molecule has 5 heterocycles. The lowest BCUT2D eigenvalue weighted by molar-refractivity contribution is 0.0552. The van der Waals surface area contributed by atoms with Crippen LogP contribution in [-0.2, 0) is 4.74 Å². The summed E-state index contributed by atoms with van der Waals surface area (Å²) in [5, 5.41) is 14.5.